The number of methoxy groups -OCH3 is 1. The van der Waals surface area contributed by atoms with Crippen molar-refractivity contribution in [3.8, 4) is 5.75 Å². The van der Waals surface area contributed by atoms with Crippen LogP contribution in [0, 0.1) is 5.92 Å². The molecule has 96 valence electrons. The Kier molecular flexibility index (Phi) is 6.37. The molecule has 0 aliphatic heterocycles. The third-order valence-electron chi connectivity index (χ3n) is 2.46. The summed E-state index contributed by atoms with van der Waals surface area (Å²) in [6, 6.07) is 2.38. The minimum absolute atomic E-state index is 0.335. The smallest absolute Gasteiger partial charge is 0.137 e. The van der Waals surface area contributed by atoms with Crippen molar-refractivity contribution in [1.82, 2.24) is 10.3 Å². The molecule has 1 aromatic heterocycles. The molecule has 0 bridgehead atoms. The zero-order chi connectivity index (χ0) is 12.7. The van der Waals surface area contributed by atoms with E-state index < -0.39 is 0 Å². The molecule has 1 unspecified atom stereocenters. The fraction of sp³-hybridized carbons (Fsp3) is 0.615. The molecule has 1 rings (SSSR count). The summed E-state index contributed by atoms with van der Waals surface area (Å²) in [6.07, 6.45) is 3.64. The topological polar surface area (TPSA) is 34.2 Å². The van der Waals surface area contributed by atoms with Crippen LogP contribution in [-0.4, -0.2) is 30.6 Å². The first-order valence-corrected chi connectivity index (χ1v) is 7.06. The maximum Gasteiger partial charge on any atom is 0.137 e. The van der Waals surface area contributed by atoms with Gasteiger partial charge < -0.3 is 10.1 Å². The molecule has 1 aromatic rings. The molecule has 0 spiro atoms. The normalized spacial score (nSPS) is 12.8. The summed E-state index contributed by atoms with van der Waals surface area (Å²) in [5.41, 5.74) is 1.18. The van der Waals surface area contributed by atoms with E-state index in [-0.39, 0.29) is 0 Å². The summed E-state index contributed by atoms with van der Waals surface area (Å²) >= 11 is 1.97. The van der Waals surface area contributed by atoms with Crippen LogP contribution in [0.1, 0.15) is 25.5 Å². The van der Waals surface area contributed by atoms with Crippen LogP contribution in [0.25, 0.3) is 0 Å². The molecular formula is C13H22N2OS. The molecule has 1 N–H and O–H groups in total. The summed E-state index contributed by atoms with van der Waals surface area (Å²) in [4.78, 5) is 4.19. The minimum Gasteiger partial charge on any atom is -0.495 e. The molecule has 0 fully saturated rings. The SMILES string of the molecule is CNC(CSCC(C)C)c1cncc(OC)c1. The number of nitrogens with zero attached hydrogens (tertiary/aromatic N) is 1. The molecule has 0 aliphatic carbocycles. The average molecular weight is 254 g/mol. The zero-order valence-corrected chi connectivity index (χ0v) is 11.9. The van der Waals surface area contributed by atoms with Crippen molar-refractivity contribution < 1.29 is 4.74 Å². The Morgan fingerprint density at radius 1 is 1.35 bits per heavy atom. The van der Waals surface area contributed by atoms with E-state index in [1.54, 1.807) is 13.3 Å². The number of aromatic nitrogens is 1. The first-order valence-electron chi connectivity index (χ1n) is 5.91. The molecule has 0 aliphatic rings. The van der Waals surface area contributed by atoms with Crippen molar-refractivity contribution in [2.45, 2.75) is 19.9 Å². The molecule has 1 atom stereocenters. The lowest BCUT2D eigenvalue weighted by atomic mass is 10.1. The van der Waals surface area contributed by atoms with Gasteiger partial charge in [-0.25, -0.2) is 0 Å². The van der Waals surface area contributed by atoms with Gasteiger partial charge in [0.25, 0.3) is 0 Å². The van der Waals surface area contributed by atoms with Gasteiger partial charge in [0, 0.05) is 18.0 Å². The number of nitrogens with one attached hydrogen (secondary N) is 1. The molecule has 0 amide bonds. The second kappa shape index (κ2) is 7.56. The van der Waals surface area contributed by atoms with E-state index in [0.717, 1.165) is 17.4 Å². The first-order chi connectivity index (χ1) is 8.17. The lowest BCUT2D eigenvalue weighted by Gasteiger charge is -2.17. The Bertz CT molecular complexity index is 331. The monoisotopic (exact) mass is 254 g/mol. The second-order valence-corrected chi connectivity index (χ2v) is 5.51. The van der Waals surface area contributed by atoms with E-state index in [1.807, 2.05) is 31.1 Å². The third-order valence-corrected chi connectivity index (χ3v) is 3.93. The Labute approximate surface area is 108 Å². The minimum atomic E-state index is 0.335. The van der Waals surface area contributed by atoms with Crippen molar-refractivity contribution in [3.63, 3.8) is 0 Å². The molecule has 0 saturated heterocycles. The quantitative estimate of drug-likeness (QED) is 0.811. The van der Waals surface area contributed by atoms with Crippen molar-refractivity contribution >= 4 is 11.8 Å². The number of thioether (sulfide) groups is 1. The lowest BCUT2D eigenvalue weighted by molar-refractivity contribution is 0.411. The van der Waals surface area contributed by atoms with E-state index in [9.17, 15) is 0 Å². The van der Waals surface area contributed by atoms with Crippen LogP contribution in [-0.2, 0) is 0 Å². The largest absolute Gasteiger partial charge is 0.495 e. The summed E-state index contributed by atoms with van der Waals surface area (Å²) in [7, 11) is 3.66. The van der Waals surface area contributed by atoms with Crippen LogP contribution >= 0.6 is 11.8 Å². The van der Waals surface area contributed by atoms with Crippen molar-refractivity contribution in [3.05, 3.63) is 24.0 Å². The number of hydrogen-bond acceptors (Lipinski definition) is 4. The molecular weight excluding hydrogens is 232 g/mol. The van der Waals surface area contributed by atoms with E-state index in [2.05, 4.69) is 24.1 Å². The van der Waals surface area contributed by atoms with Crippen LogP contribution in [0.4, 0.5) is 0 Å². The Morgan fingerprint density at radius 2 is 2.12 bits per heavy atom. The Morgan fingerprint density at radius 3 is 2.71 bits per heavy atom. The fourth-order valence-electron chi connectivity index (χ4n) is 1.51. The highest BCUT2D eigenvalue weighted by molar-refractivity contribution is 7.99. The van der Waals surface area contributed by atoms with E-state index >= 15 is 0 Å². The molecule has 1 heterocycles. The predicted octanol–water partition coefficient (Wildman–Crippen LogP) is 2.74. The number of ether oxygens (including phenoxy) is 1. The average Bonchev–Trinajstić information content (AvgIpc) is 2.34. The highest BCUT2D eigenvalue weighted by Crippen LogP contribution is 2.21. The Hall–Kier alpha value is -0.740. The van der Waals surface area contributed by atoms with E-state index in [1.165, 1.54) is 11.3 Å². The highest BCUT2D eigenvalue weighted by Gasteiger charge is 2.10. The maximum absolute atomic E-state index is 5.20. The van der Waals surface area contributed by atoms with Gasteiger partial charge in [0.05, 0.1) is 13.3 Å². The summed E-state index contributed by atoms with van der Waals surface area (Å²) < 4.78 is 5.20. The molecule has 0 radical (unpaired) electrons. The van der Waals surface area contributed by atoms with Gasteiger partial charge >= 0.3 is 0 Å². The number of rotatable bonds is 7. The summed E-state index contributed by atoms with van der Waals surface area (Å²) in [5.74, 6) is 3.80. The van der Waals surface area contributed by atoms with Gasteiger partial charge in [0.1, 0.15) is 5.75 Å². The molecule has 0 aromatic carbocycles. The van der Waals surface area contributed by atoms with Gasteiger partial charge in [-0.1, -0.05) is 13.8 Å². The third kappa shape index (κ3) is 4.96. The van der Waals surface area contributed by atoms with Crippen molar-refractivity contribution in [2.24, 2.45) is 5.92 Å². The highest BCUT2D eigenvalue weighted by atomic mass is 32.2. The van der Waals surface area contributed by atoms with Crippen LogP contribution < -0.4 is 10.1 Å². The van der Waals surface area contributed by atoms with Gasteiger partial charge in [-0.05, 0) is 30.3 Å². The molecule has 3 nitrogen and oxygen atoms in total. The maximum atomic E-state index is 5.20. The van der Waals surface area contributed by atoms with Crippen LogP contribution in [0.3, 0.4) is 0 Å². The van der Waals surface area contributed by atoms with E-state index in [4.69, 9.17) is 4.74 Å². The summed E-state index contributed by atoms with van der Waals surface area (Å²) in [6.45, 7) is 4.49. The van der Waals surface area contributed by atoms with Crippen LogP contribution in [0.5, 0.6) is 5.75 Å². The van der Waals surface area contributed by atoms with Gasteiger partial charge in [-0.3, -0.25) is 4.98 Å². The van der Waals surface area contributed by atoms with Gasteiger partial charge in [0.2, 0.25) is 0 Å². The molecule has 4 heteroatoms. The zero-order valence-electron chi connectivity index (χ0n) is 11.1. The first kappa shape index (κ1) is 14.3. The fourth-order valence-corrected chi connectivity index (χ4v) is 2.71. The Balaban J connectivity index is 2.59. The van der Waals surface area contributed by atoms with Crippen LogP contribution in [0.15, 0.2) is 18.5 Å². The molecule has 17 heavy (non-hydrogen) atoms. The predicted molar refractivity (Wildman–Crippen MR) is 74.8 cm³/mol. The van der Waals surface area contributed by atoms with Gasteiger partial charge in [-0.15, -0.1) is 0 Å². The standard InChI is InChI=1S/C13H22N2OS/c1-10(2)8-17-9-13(14-3)11-5-12(16-4)7-15-6-11/h5-7,10,13-14H,8-9H2,1-4H3. The molecule has 0 saturated carbocycles. The van der Waals surface area contributed by atoms with E-state index in [0.29, 0.717) is 6.04 Å². The summed E-state index contributed by atoms with van der Waals surface area (Å²) in [5, 5.41) is 3.33. The number of hydrogen-bond donors (Lipinski definition) is 1. The van der Waals surface area contributed by atoms with Crippen molar-refractivity contribution in [1.29, 1.82) is 0 Å². The lowest BCUT2D eigenvalue weighted by Crippen LogP contribution is -2.19. The van der Waals surface area contributed by atoms with Gasteiger partial charge in [-0.2, -0.15) is 11.8 Å². The van der Waals surface area contributed by atoms with Crippen LogP contribution in [0.2, 0.25) is 0 Å². The van der Waals surface area contributed by atoms with Gasteiger partial charge in [0.15, 0.2) is 0 Å². The van der Waals surface area contributed by atoms with Crippen molar-refractivity contribution in [2.75, 3.05) is 25.7 Å². The number of pyridine rings is 1. The second-order valence-electron chi connectivity index (χ2n) is 4.43.